The van der Waals surface area contributed by atoms with Gasteiger partial charge in [-0.05, 0) is 47.1 Å². The molecule has 0 saturated carbocycles. The molecule has 0 aliphatic rings. The molecule has 0 aliphatic carbocycles. The van der Waals surface area contributed by atoms with E-state index in [1.54, 1.807) is 12.1 Å². The number of carboxylic acid groups (broad SMARTS) is 1. The van der Waals surface area contributed by atoms with E-state index >= 15 is 0 Å². The van der Waals surface area contributed by atoms with Crippen LogP contribution in [0.2, 0.25) is 0 Å². The lowest BCUT2D eigenvalue weighted by molar-refractivity contribution is 0.0697. The molecule has 0 aliphatic heterocycles. The maximum atomic E-state index is 11.6. The molecule has 5 heteroatoms. The average molecular weight is 454 g/mol. The van der Waals surface area contributed by atoms with Crippen LogP contribution in [0, 0.1) is 5.92 Å². The summed E-state index contributed by atoms with van der Waals surface area (Å²) in [5.74, 6) is 1.60. The monoisotopic (exact) mass is 453 g/mol. The Morgan fingerprint density at radius 3 is 2.26 bits per heavy atom. The third-order valence-corrected chi connectivity index (χ3v) is 5.97. The molecule has 1 N–H and O–H groups in total. The van der Waals surface area contributed by atoms with E-state index in [0.29, 0.717) is 18.0 Å². The molecular formula is C29H31N3O2. The number of hydrogen-bond acceptors (Lipinski definition) is 3. The van der Waals surface area contributed by atoms with Gasteiger partial charge in [0.2, 0.25) is 0 Å². The highest BCUT2D eigenvalue weighted by molar-refractivity contribution is 5.95. The van der Waals surface area contributed by atoms with Crippen LogP contribution in [0.3, 0.4) is 0 Å². The van der Waals surface area contributed by atoms with Gasteiger partial charge in [-0.15, -0.1) is 0 Å². The summed E-state index contributed by atoms with van der Waals surface area (Å²) in [6.07, 6.45) is 3.71. The second-order valence-electron chi connectivity index (χ2n) is 9.07. The zero-order chi connectivity index (χ0) is 23.9. The third-order valence-electron chi connectivity index (χ3n) is 5.97. The van der Waals surface area contributed by atoms with Gasteiger partial charge in [-0.1, -0.05) is 86.6 Å². The lowest BCUT2D eigenvalue weighted by atomic mass is 9.99. The van der Waals surface area contributed by atoms with Crippen LogP contribution in [0.5, 0.6) is 0 Å². The van der Waals surface area contributed by atoms with Gasteiger partial charge in [0.1, 0.15) is 5.82 Å². The molecule has 0 saturated heterocycles. The molecule has 4 aromatic rings. The fourth-order valence-electron chi connectivity index (χ4n) is 4.05. The average Bonchev–Trinajstić information content (AvgIpc) is 3.24. The SMILES string of the molecule is CC(C)CCc1nc(CCc2ccccc2)nn1Cc1ccc(-c2ccccc2C(=O)O)cc1. The van der Waals surface area contributed by atoms with E-state index < -0.39 is 5.97 Å². The van der Waals surface area contributed by atoms with Crippen molar-refractivity contribution in [1.29, 1.82) is 0 Å². The molecular weight excluding hydrogens is 422 g/mol. The summed E-state index contributed by atoms with van der Waals surface area (Å²) in [6, 6.07) is 25.6. The van der Waals surface area contributed by atoms with Crippen molar-refractivity contribution in [3.05, 3.63) is 107 Å². The molecule has 0 amide bonds. The van der Waals surface area contributed by atoms with Crippen molar-refractivity contribution in [2.45, 2.75) is 46.1 Å². The van der Waals surface area contributed by atoms with Crippen LogP contribution in [-0.4, -0.2) is 25.8 Å². The van der Waals surface area contributed by atoms with Crippen LogP contribution in [0.4, 0.5) is 0 Å². The van der Waals surface area contributed by atoms with E-state index in [4.69, 9.17) is 10.1 Å². The smallest absolute Gasteiger partial charge is 0.336 e. The minimum atomic E-state index is -0.917. The molecule has 0 radical (unpaired) electrons. The summed E-state index contributed by atoms with van der Waals surface area (Å²) < 4.78 is 2.03. The van der Waals surface area contributed by atoms with Crippen molar-refractivity contribution in [2.24, 2.45) is 5.92 Å². The zero-order valence-corrected chi connectivity index (χ0v) is 19.8. The maximum absolute atomic E-state index is 11.6. The first-order valence-corrected chi connectivity index (χ1v) is 11.9. The van der Waals surface area contributed by atoms with Gasteiger partial charge in [-0.2, -0.15) is 5.10 Å². The molecule has 1 aromatic heterocycles. The summed E-state index contributed by atoms with van der Waals surface area (Å²) in [5, 5.41) is 14.3. The lowest BCUT2D eigenvalue weighted by Crippen LogP contribution is -2.08. The summed E-state index contributed by atoms with van der Waals surface area (Å²) in [5.41, 5.74) is 4.33. The Balaban J connectivity index is 1.52. The predicted molar refractivity (Wildman–Crippen MR) is 135 cm³/mol. The molecule has 174 valence electrons. The highest BCUT2D eigenvalue weighted by atomic mass is 16.4. The minimum Gasteiger partial charge on any atom is -0.478 e. The Morgan fingerprint density at radius 2 is 1.56 bits per heavy atom. The molecule has 0 fully saturated rings. The number of carboxylic acids is 1. The third kappa shape index (κ3) is 5.98. The van der Waals surface area contributed by atoms with Crippen LogP contribution in [0.25, 0.3) is 11.1 Å². The first-order chi connectivity index (χ1) is 16.5. The Labute approximate surface area is 201 Å². The molecule has 1 heterocycles. The standard InChI is InChI=1S/C29H31N3O2/c1-21(2)12-19-28-30-27(18-15-22-8-4-3-5-9-22)31-32(28)20-23-13-16-24(17-14-23)25-10-6-7-11-26(25)29(33)34/h3-11,13-14,16-17,21H,12,15,18-20H2,1-2H3,(H,33,34). The Bertz CT molecular complexity index is 1230. The van der Waals surface area contributed by atoms with Crippen molar-refractivity contribution >= 4 is 5.97 Å². The number of aromatic carboxylic acids is 1. The molecule has 3 aromatic carbocycles. The van der Waals surface area contributed by atoms with Gasteiger partial charge in [0.25, 0.3) is 0 Å². The van der Waals surface area contributed by atoms with E-state index in [1.807, 2.05) is 47.1 Å². The largest absolute Gasteiger partial charge is 0.478 e. The molecule has 0 bridgehead atoms. The number of carbonyl (C=O) groups is 1. The zero-order valence-electron chi connectivity index (χ0n) is 19.8. The van der Waals surface area contributed by atoms with Gasteiger partial charge < -0.3 is 5.11 Å². The Kier molecular flexibility index (Phi) is 7.53. The fourth-order valence-corrected chi connectivity index (χ4v) is 4.05. The van der Waals surface area contributed by atoms with E-state index in [-0.39, 0.29) is 0 Å². The van der Waals surface area contributed by atoms with E-state index in [2.05, 4.69) is 38.1 Å². The normalized spacial score (nSPS) is 11.1. The Hall–Kier alpha value is -3.73. The molecule has 4 rings (SSSR count). The van der Waals surface area contributed by atoms with Crippen LogP contribution in [0.1, 0.15) is 53.4 Å². The van der Waals surface area contributed by atoms with Crippen LogP contribution < -0.4 is 0 Å². The van der Waals surface area contributed by atoms with E-state index in [1.165, 1.54) is 5.56 Å². The van der Waals surface area contributed by atoms with Crippen LogP contribution in [0.15, 0.2) is 78.9 Å². The van der Waals surface area contributed by atoms with Gasteiger partial charge in [-0.25, -0.2) is 14.5 Å². The molecule has 0 spiro atoms. The number of benzene rings is 3. The van der Waals surface area contributed by atoms with Gasteiger partial charge in [-0.3, -0.25) is 0 Å². The summed E-state index contributed by atoms with van der Waals surface area (Å²) >= 11 is 0. The van der Waals surface area contributed by atoms with Gasteiger partial charge >= 0.3 is 5.97 Å². The topological polar surface area (TPSA) is 68.0 Å². The molecule has 5 nitrogen and oxygen atoms in total. The van der Waals surface area contributed by atoms with Crippen molar-refractivity contribution < 1.29 is 9.90 Å². The molecule has 0 atom stereocenters. The highest BCUT2D eigenvalue weighted by Crippen LogP contribution is 2.24. The van der Waals surface area contributed by atoms with Gasteiger partial charge in [0, 0.05) is 12.8 Å². The first kappa shape index (κ1) is 23.4. The van der Waals surface area contributed by atoms with Crippen molar-refractivity contribution in [2.75, 3.05) is 0 Å². The fraction of sp³-hybridized carbons (Fsp3) is 0.276. The summed E-state index contributed by atoms with van der Waals surface area (Å²) in [7, 11) is 0. The second kappa shape index (κ2) is 10.9. The molecule has 34 heavy (non-hydrogen) atoms. The highest BCUT2D eigenvalue weighted by Gasteiger charge is 2.13. The van der Waals surface area contributed by atoms with Crippen LogP contribution >= 0.6 is 0 Å². The van der Waals surface area contributed by atoms with Crippen LogP contribution in [-0.2, 0) is 25.8 Å². The van der Waals surface area contributed by atoms with Gasteiger partial charge in [0.15, 0.2) is 5.82 Å². The number of hydrogen-bond donors (Lipinski definition) is 1. The van der Waals surface area contributed by atoms with Crippen molar-refractivity contribution in [3.63, 3.8) is 0 Å². The second-order valence-corrected chi connectivity index (χ2v) is 9.07. The van der Waals surface area contributed by atoms with Gasteiger partial charge in [0.05, 0.1) is 12.1 Å². The number of nitrogens with zero attached hydrogens (tertiary/aromatic N) is 3. The maximum Gasteiger partial charge on any atom is 0.336 e. The number of rotatable bonds is 10. The van der Waals surface area contributed by atoms with Crippen molar-refractivity contribution in [1.82, 2.24) is 14.8 Å². The number of aryl methyl sites for hydroxylation is 3. The minimum absolute atomic E-state index is 0.311. The molecule has 0 unspecified atom stereocenters. The summed E-state index contributed by atoms with van der Waals surface area (Å²) in [4.78, 5) is 16.5. The lowest BCUT2D eigenvalue weighted by Gasteiger charge is -2.10. The Morgan fingerprint density at radius 1 is 0.853 bits per heavy atom. The van der Waals surface area contributed by atoms with Crippen molar-refractivity contribution in [3.8, 4) is 11.1 Å². The first-order valence-electron chi connectivity index (χ1n) is 11.9. The quantitative estimate of drug-likeness (QED) is 0.317. The van der Waals surface area contributed by atoms with E-state index in [0.717, 1.165) is 54.0 Å². The summed E-state index contributed by atoms with van der Waals surface area (Å²) in [6.45, 7) is 5.10. The predicted octanol–water partition coefficient (Wildman–Crippen LogP) is 6.07. The van der Waals surface area contributed by atoms with E-state index in [9.17, 15) is 9.90 Å². The number of aromatic nitrogens is 3.